The zero-order valence-corrected chi connectivity index (χ0v) is 14.0. The first-order valence-electron chi connectivity index (χ1n) is 8.81. The quantitative estimate of drug-likeness (QED) is 0.918. The number of aromatic amines is 1. The number of carbonyl (C=O) groups excluding carboxylic acids is 1. The number of fused-ring (bicyclic) bond motifs is 1. The van der Waals surface area contributed by atoms with Crippen LogP contribution in [0, 0.1) is 5.92 Å². The highest BCUT2D eigenvalue weighted by Gasteiger charge is 2.34. The summed E-state index contributed by atoms with van der Waals surface area (Å²) in [5.74, 6) is 1.84. The number of nitrogens with one attached hydrogen (secondary N) is 1. The Morgan fingerprint density at radius 3 is 2.96 bits per heavy atom. The van der Waals surface area contributed by atoms with Crippen molar-refractivity contribution in [1.29, 1.82) is 0 Å². The van der Waals surface area contributed by atoms with Crippen LogP contribution in [0.1, 0.15) is 43.4 Å². The normalized spacial score (nSPS) is 19.5. The molecule has 0 radical (unpaired) electrons. The average molecular weight is 325 g/mol. The van der Waals surface area contributed by atoms with Crippen molar-refractivity contribution in [2.75, 3.05) is 18.1 Å². The molecule has 1 aromatic heterocycles. The number of benzene rings is 1. The maximum Gasteiger partial charge on any atom is 0.230 e. The summed E-state index contributed by atoms with van der Waals surface area (Å²) < 4.78 is 5.83. The highest BCUT2D eigenvalue weighted by atomic mass is 16.5. The molecule has 2 heterocycles. The second kappa shape index (κ2) is 6.30. The van der Waals surface area contributed by atoms with E-state index in [1.54, 1.807) is 6.33 Å². The summed E-state index contributed by atoms with van der Waals surface area (Å²) in [5, 5.41) is 0. The van der Waals surface area contributed by atoms with Crippen molar-refractivity contribution < 1.29 is 9.53 Å². The number of ether oxygens (including phenoxy) is 1. The van der Waals surface area contributed by atoms with Gasteiger partial charge in [0.05, 0.1) is 12.9 Å². The van der Waals surface area contributed by atoms with Gasteiger partial charge in [-0.15, -0.1) is 0 Å². The molecule has 126 valence electrons. The van der Waals surface area contributed by atoms with Gasteiger partial charge in [0, 0.05) is 30.0 Å². The largest absolute Gasteiger partial charge is 0.493 e. The number of nitrogens with zero attached hydrogens (tertiary/aromatic N) is 2. The number of hydrogen-bond acceptors (Lipinski definition) is 3. The standard InChI is InChI=1S/C19H23N3O2/c1-2-22(19(23)13-3-4-13)16-5-6-18-17(10-16)14(7-8-24-18)9-15-11-20-12-21-15/h5-6,10-14H,2-4,7-9H2,1H3,(H,20,21). The maximum absolute atomic E-state index is 12.5. The fourth-order valence-electron chi connectivity index (χ4n) is 3.51. The van der Waals surface area contributed by atoms with E-state index < -0.39 is 0 Å². The number of carbonyl (C=O) groups is 1. The molecular weight excluding hydrogens is 302 g/mol. The molecule has 5 heteroatoms. The van der Waals surface area contributed by atoms with Crippen LogP contribution in [0.2, 0.25) is 0 Å². The summed E-state index contributed by atoms with van der Waals surface area (Å²) in [6.45, 7) is 3.49. The van der Waals surface area contributed by atoms with Crippen molar-refractivity contribution in [3.05, 3.63) is 42.0 Å². The third-order valence-electron chi connectivity index (χ3n) is 5.00. The molecule has 1 aliphatic carbocycles. The zero-order chi connectivity index (χ0) is 16.5. The van der Waals surface area contributed by atoms with Crippen molar-refractivity contribution >= 4 is 11.6 Å². The molecule has 1 saturated carbocycles. The van der Waals surface area contributed by atoms with Crippen LogP contribution in [0.15, 0.2) is 30.7 Å². The molecule has 1 fully saturated rings. The van der Waals surface area contributed by atoms with Gasteiger partial charge in [-0.3, -0.25) is 4.79 Å². The van der Waals surface area contributed by atoms with Crippen molar-refractivity contribution in [3.8, 4) is 5.75 Å². The van der Waals surface area contributed by atoms with Gasteiger partial charge < -0.3 is 14.6 Å². The lowest BCUT2D eigenvalue weighted by Crippen LogP contribution is -2.32. The minimum Gasteiger partial charge on any atom is -0.493 e. The lowest BCUT2D eigenvalue weighted by Gasteiger charge is -2.28. The van der Waals surface area contributed by atoms with Crippen molar-refractivity contribution in [3.63, 3.8) is 0 Å². The molecule has 1 atom stereocenters. The second-order valence-corrected chi connectivity index (χ2v) is 6.69. The molecule has 2 aliphatic rings. The number of amides is 1. The minimum atomic E-state index is 0.234. The van der Waals surface area contributed by atoms with Gasteiger partial charge in [0.2, 0.25) is 5.91 Å². The van der Waals surface area contributed by atoms with E-state index in [1.807, 2.05) is 30.2 Å². The SMILES string of the molecule is CCN(C(=O)C1CC1)c1ccc2c(c1)C(Cc1cnc[nH]1)CCO2. The first kappa shape index (κ1) is 15.2. The zero-order valence-electron chi connectivity index (χ0n) is 14.0. The first-order valence-corrected chi connectivity index (χ1v) is 8.81. The molecule has 2 aromatic rings. The molecule has 5 nitrogen and oxygen atoms in total. The Kier molecular flexibility index (Phi) is 4.00. The summed E-state index contributed by atoms with van der Waals surface area (Å²) >= 11 is 0. The van der Waals surface area contributed by atoms with Gasteiger partial charge in [0.25, 0.3) is 0 Å². The fourth-order valence-corrected chi connectivity index (χ4v) is 3.51. The Morgan fingerprint density at radius 2 is 2.25 bits per heavy atom. The van der Waals surface area contributed by atoms with Crippen LogP contribution in [0.3, 0.4) is 0 Å². The molecule has 1 unspecified atom stereocenters. The van der Waals surface area contributed by atoms with Crippen LogP contribution < -0.4 is 9.64 Å². The third kappa shape index (κ3) is 2.90. The van der Waals surface area contributed by atoms with Crippen LogP contribution >= 0.6 is 0 Å². The molecule has 0 saturated heterocycles. The summed E-state index contributed by atoms with van der Waals surface area (Å²) in [6, 6.07) is 6.19. The highest BCUT2D eigenvalue weighted by molar-refractivity contribution is 5.96. The predicted octanol–water partition coefficient (Wildman–Crippen LogP) is 3.28. The summed E-state index contributed by atoms with van der Waals surface area (Å²) in [7, 11) is 0. The van der Waals surface area contributed by atoms with Crippen LogP contribution in [0.5, 0.6) is 5.75 Å². The molecular formula is C19H23N3O2. The number of imidazole rings is 1. The van der Waals surface area contributed by atoms with E-state index in [1.165, 1.54) is 5.56 Å². The number of H-pyrrole nitrogens is 1. The summed E-state index contributed by atoms with van der Waals surface area (Å²) in [6.07, 6.45) is 7.57. The smallest absolute Gasteiger partial charge is 0.230 e. The summed E-state index contributed by atoms with van der Waals surface area (Å²) in [4.78, 5) is 21.7. The molecule has 1 aromatic carbocycles. The number of rotatable bonds is 5. The Labute approximate surface area is 142 Å². The van der Waals surface area contributed by atoms with Crippen LogP contribution in [-0.4, -0.2) is 29.0 Å². The first-order chi connectivity index (χ1) is 11.8. The third-order valence-corrected chi connectivity index (χ3v) is 5.00. The average Bonchev–Trinajstić information content (AvgIpc) is 3.34. The lowest BCUT2D eigenvalue weighted by molar-refractivity contribution is -0.119. The molecule has 24 heavy (non-hydrogen) atoms. The Balaban J connectivity index is 1.63. The van der Waals surface area contributed by atoms with E-state index in [2.05, 4.69) is 16.0 Å². The topological polar surface area (TPSA) is 58.2 Å². The molecule has 0 spiro atoms. The fraction of sp³-hybridized carbons (Fsp3) is 0.474. The molecule has 1 N–H and O–H groups in total. The Bertz CT molecular complexity index is 722. The van der Waals surface area contributed by atoms with E-state index in [0.717, 1.165) is 49.4 Å². The van der Waals surface area contributed by atoms with Gasteiger partial charge in [0.1, 0.15) is 5.75 Å². The van der Waals surface area contributed by atoms with Crippen LogP contribution in [0.25, 0.3) is 0 Å². The van der Waals surface area contributed by atoms with Crippen LogP contribution in [0.4, 0.5) is 5.69 Å². The maximum atomic E-state index is 12.5. The van der Waals surface area contributed by atoms with Crippen molar-refractivity contribution in [2.45, 2.75) is 38.5 Å². The number of anilines is 1. The second-order valence-electron chi connectivity index (χ2n) is 6.69. The van der Waals surface area contributed by atoms with E-state index in [9.17, 15) is 4.79 Å². The van der Waals surface area contributed by atoms with Gasteiger partial charge in [-0.25, -0.2) is 4.98 Å². The minimum absolute atomic E-state index is 0.234. The molecule has 1 aliphatic heterocycles. The Hall–Kier alpha value is -2.30. The van der Waals surface area contributed by atoms with E-state index in [-0.39, 0.29) is 11.8 Å². The predicted molar refractivity (Wildman–Crippen MR) is 92.3 cm³/mol. The van der Waals surface area contributed by atoms with Gasteiger partial charge in [0.15, 0.2) is 0 Å². The van der Waals surface area contributed by atoms with Gasteiger partial charge in [-0.05, 0) is 62.3 Å². The monoisotopic (exact) mass is 325 g/mol. The van der Waals surface area contributed by atoms with Gasteiger partial charge >= 0.3 is 0 Å². The number of hydrogen-bond donors (Lipinski definition) is 1. The molecule has 1 amide bonds. The van der Waals surface area contributed by atoms with Gasteiger partial charge in [-0.2, -0.15) is 0 Å². The summed E-state index contributed by atoms with van der Waals surface area (Å²) in [5.41, 5.74) is 3.34. The molecule has 0 bridgehead atoms. The highest BCUT2D eigenvalue weighted by Crippen LogP contribution is 2.39. The van der Waals surface area contributed by atoms with Crippen LogP contribution in [-0.2, 0) is 11.2 Å². The lowest BCUT2D eigenvalue weighted by atomic mass is 9.89. The van der Waals surface area contributed by atoms with Crippen molar-refractivity contribution in [2.24, 2.45) is 5.92 Å². The van der Waals surface area contributed by atoms with Crippen molar-refractivity contribution in [1.82, 2.24) is 9.97 Å². The van der Waals surface area contributed by atoms with E-state index in [4.69, 9.17) is 4.74 Å². The van der Waals surface area contributed by atoms with Gasteiger partial charge in [-0.1, -0.05) is 0 Å². The molecule has 4 rings (SSSR count). The number of aromatic nitrogens is 2. The van der Waals surface area contributed by atoms with E-state index in [0.29, 0.717) is 12.5 Å². The van der Waals surface area contributed by atoms with E-state index >= 15 is 0 Å². The Morgan fingerprint density at radius 1 is 1.38 bits per heavy atom.